The topological polar surface area (TPSA) is 32.5 Å². The predicted molar refractivity (Wildman–Crippen MR) is 53.7 cm³/mol. The molecule has 1 heterocycles. The fourth-order valence-corrected chi connectivity index (χ4v) is 1.39. The van der Waals surface area contributed by atoms with E-state index in [2.05, 4.69) is 31.2 Å². The Morgan fingerprint density at radius 3 is 2.46 bits per heavy atom. The normalized spacial score (nSPS) is 15.5. The average Bonchev–Trinajstić information content (AvgIpc) is 2.53. The lowest BCUT2D eigenvalue weighted by Gasteiger charge is -2.26. The minimum Gasteiger partial charge on any atom is -0.268 e. The van der Waals surface area contributed by atoms with Gasteiger partial charge in [0.05, 0.1) is 12.2 Å². The van der Waals surface area contributed by atoms with Gasteiger partial charge >= 0.3 is 0 Å². The number of nitrogens with two attached hydrogens (primary N) is 1. The molecule has 0 spiro atoms. The van der Waals surface area contributed by atoms with Crippen molar-refractivity contribution in [3.63, 3.8) is 0 Å². The van der Waals surface area contributed by atoms with Crippen molar-refractivity contribution in [2.75, 3.05) is 11.6 Å². The Hall–Kier alpha value is -1.48. The molecule has 0 atom stereocenters. The summed E-state index contributed by atoms with van der Waals surface area (Å²) in [4.78, 5) is 0. The van der Waals surface area contributed by atoms with Gasteiger partial charge in [-0.25, -0.2) is 11.0 Å². The maximum Gasteiger partial charge on any atom is 0.0609 e. The molecule has 0 amide bonds. The van der Waals surface area contributed by atoms with E-state index in [-0.39, 0.29) is 0 Å². The summed E-state index contributed by atoms with van der Waals surface area (Å²) in [6, 6.07) is 8.31. The number of anilines is 1. The van der Waals surface area contributed by atoms with Crippen molar-refractivity contribution in [3.05, 3.63) is 42.1 Å². The van der Waals surface area contributed by atoms with Gasteiger partial charge in [0, 0.05) is 6.20 Å². The third-order valence-corrected chi connectivity index (χ3v) is 2.15. The van der Waals surface area contributed by atoms with Crippen LogP contribution in [0.2, 0.25) is 0 Å². The number of hydrazine groups is 2. The van der Waals surface area contributed by atoms with Crippen LogP contribution in [0.25, 0.3) is 0 Å². The van der Waals surface area contributed by atoms with Gasteiger partial charge in [0.15, 0.2) is 0 Å². The Labute approximate surface area is 78.0 Å². The second kappa shape index (κ2) is 3.11. The maximum atomic E-state index is 5.72. The first-order chi connectivity index (χ1) is 6.27. The summed E-state index contributed by atoms with van der Waals surface area (Å²) < 4.78 is 0. The zero-order valence-electron chi connectivity index (χ0n) is 7.64. The SMILES string of the molecule is Cc1ccc(N2CC=CN2N)cc1. The summed E-state index contributed by atoms with van der Waals surface area (Å²) >= 11 is 0. The Bertz CT molecular complexity index is 315. The minimum absolute atomic E-state index is 0.847. The van der Waals surface area contributed by atoms with Gasteiger partial charge in [-0.2, -0.15) is 0 Å². The fourth-order valence-electron chi connectivity index (χ4n) is 1.39. The first-order valence-corrected chi connectivity index (χ1v) is 4.32. The molecule has 3 nitrogen and oxygen atoms in total. The minimum atomic E-state index is 0.847. The molecule has 0 fully saturated rings. The highest BCUT2D eigenvalue weighted by molar-refractivity contribution is 5.48. The quantitative estimate of drug-likeness (QED) is 0.655. The lowest BCUT2D eigenvalue weighted by atomic mass is 10.2. The summed E-state index contributed by atoms with van der Waals surface area (Å²) in [7, 11) is 0. The van der Waals surface area contributed by atoms with Gasteiger partial charge < -0.3 is 0 Å². The number of hydrogen-bond acceptors (Lipinski definition) is 3. The molecule has 0 saturated heterocycles. The summed E-state index contributed by atoms with van der Waals surface area (Å²) in [6.07, 6.45) is 3.89. The molecule has 1 aromatic carbocycles. The van der Waals surface area contributed by atoms with E-state index in [1.54, 1.807) is 5.12 Å². The van der Waals surface area contributed by atoms with Crippen molar-refractivity contribution in [1.82, 2.24) is 5.12 Å². The highest BCUT2D eigenvalue weighted by atomic mass is 15.8. The Kier molecular flexibility index (Phi) is 1.94. The highest BCUT2D eigenvalue weighted by Crippen LogP contribution is 2.18. The molecule has 13 heavy (non-hydrogen) atoms. The largest absolute Gasteiger partial charge is 0.268 e. The third kappa shape index (κ3) is 1.51. The Balaban J connectivity index is 2.21. The van der Waals surface area contributed by atoms with Gasteiger partial charge in [0.25, 0.3) is 0 Å². The van der Waals surface area contributed by atoms with Crippen molar-refractivity contribution in [2.45, 2.75) is 6.92 Å². The van der Waals surface area contributed by atoms with Gasteiger partial charge in [-0.15, -0.1) is 0 Å². The van der Waals surface area contributed by atoms with Crippen molar-refractivity contribution in [3.8, 4) is 0 Å². The van der Waals surface area contributed by atoms with E-state index in [4.69, 9.17) is 5.84 Å². The molecule has 2 N–H and O–H groups in total. The van der Waals surface area contributed by atoms with E-state index in [9.17, 15) is 0 Å². The van der Waals surface area contributed by atoms with Crippen LogP contribution >= 0.6 is 0 Å². The van der Waals surface area contributed by atoms with Crippen LogP contribution in [0.5, 0.6) is 0 Å². The molecule has 0 aromatic heterocycles. The number of hydrogen-bond donors (Lipinski definition) is 1. The van der Waals surface area contributed by atoms with E-state index in [1.165, 1.54) is 5.56 Å². The van der Waals surface area contributed by atoms with E-state index in [0.717, 1.165) is 12.2 Å². The molecule has 0 radical (unpaired) electrons. The summed E-state index contributed by atoms with van der Waals surface area (Å²) in [5, 5.41) is 3.60. The highest BCUT2D eigenvalue weighted by Gasteiger charge is 2.12. The standard InChI is InChI=1S/C10H13N3/c1-9-3-5-10(6-4-9)12-7-2-8-13(12)11/h2-6,8H,7,11H2,1H3. The third-order valence-electron chi connectivity index (χ3n) is 2.15. The van der Waals surface area contributed by atoms with Crippen LogP contribution in [0, 0.1) is 6.92 Å². The first-order valence-electron chi connectivity index (χ1n) is 4.32. The Morgan fingerprint density at radius 1 is 1.23 bits per heavy atom. The number of nitrogens with zero attached hydrogens (tertiary/aromatic N) is 2. The van der Waals surface area contributed by atoms with Crippen LogP contribution in [0.3, 0.4) is 0 Å². The van der Waals surface area contributed by atoms with Crippen LogP contribution in [-0.4, -0.2) is 11.7 Å². The van der Waals surface area contributed by atoms with Crippen molar-refractivity contribution >= 4 is 5.69 Å². The molecular formula is C10H13N3. The monoisotopic (exact) mass is 175 g/mol. The molecule has 68 valence electrons. The molecule has 2 rings (SSSR count). The van der Waals surface area contributed by atoms with Crippen molar-refractivity contribution in [1.29, 1.82) is 0 Å². The molecule has 0 aliphatic carbocycles. The van der Waals surface area contributed by atoms with E-state index in [0.29, 0.717) is 0 Å². The van der Waals surface area contributed by atoms with Crippen LogP contribution in [0.15, 0.2) is 36.5 Å². The van der Waals surface area contributed by atoms with Gasteiger partial charge in [0.1, 0.15) is 0 Å². The molecule has 1 aromatic rings. The smallest absolute Gasteiger partial charge is 0.0609 e. The molecule has 0 saturated carbocycles. The lowest BCUT2D eigenvalue weighted by Crippen LogP contribution is -2.40. The molecule has 3 heteroatoms. The molecule has 1 aliphatic heterocycles. The van der Waals surface area contributed by atoms with Gasteiger partial charge in [-0.3, -0.25) is 5.01 Å². The van der Waals surface area contributed by atoms with Crippen LogP contribution in [0.1, 0.15) is 5.56 Å². The maximum absolute atomic E-state index is 5.72. The second-order valence-corrected chi connectivity index (χ2v) is 3.18. The number of rotatable bonds is 1. The summed E-state index contributed by atoms with van der Waals surface area (Å²) in [5.74, 6) is 5.72. The summed E-state index contributed by atoms with van der Waals surface area (Å²) in [5.41, 5.74) is 2.39. The predicted octanol–water partition coefficient (Wildman–Crippen LogP) is 1.42. The number of benzene rings is 1. The van der Waals surface area contributed by atoms with Crippen LogP contribution in [0.4, 0.5) is 5.69 Å². The van der Waals surface area contributed by atoms with Crippen molar-refractivity contribution < 1.29 is 0 Å². The fraction of sp³-hybridized carbons (Fsp3) is 0.200. The van der Waals surface area contributed by atoms with Gasteiger partial charge in [0.2, 0.25) is 0 Å². The van der Waals surface area contributed by atoms with Gasteiger partial charge in [-0.1, -0.05) is 17.7 Å². The molecule has 0 unspecified atom stereocenters. The number of aryl methyl sites for hydroxylation is 1. The zero-order valence-corrected chi connectivity index (χ0v) is 7.64. The Morgan fingerprint density at radius 2 is 1.92 bits per heavy atom. The summed E-state index contributed by atoms with van der Waals surface area (Å²) in [6.45, 7) is 2.92. The van der Waals surface area contributed by atoms with Gasteiger partial charge in [-0.05, 0) is 25.1 Å². The van der Waals surface area contributed by atoms with E-state index < -0.39 is 0 Å². The second-order valence-electron chi connectivity index (χ2n) is 3.18. The van der Waals surface area contributed by atoms with E-state index >= 15 is 0 Å². The van der Waals surface area contributed by atoms with Crippen molar-refractivity contribution in [2.24, 2.45) is 5.84 Å². The zero-order chi connectivity index (χ0) is 9.26. The van der Waals surface area contributed by atoms with Crippen LogP contribution < -0.4 is 10.9 Å². The first kappa shape index (κ1) is 8.13. The molecule has 0 bridgehead atoms. The van der Waals surface area contributed by atoms with Crippen LogP contribution in [-0.2, 0) is 0 Å². The lowest BCUT2D eigenvalue weighted by molar-refractivity contribution is 0.393. The molecule has 1 aliphatic rings. The average molecular weight is 175 g/mol. The molecular weight excluding hydrogens is 162 g/mol. The van der Waals surface area contributed by atoms with E-state index in [1.807, 2.05) is 17.3 Å².